The lowest BCUT2D eigenvalue weighted by Crippen LogP contribution is -1.99. The molecule has 3 heteroatoms. The second-order valence-corrected chi connectivity index (χ2v) is 3.57. The third-order valence-electron chi connectivity index (χ3n) is 0.467. The van der Waals surface area contributed by atoms with Crippen LogP contribution in [-0.4, -0.2) is 18.0 Å². The quantitative estimate of drug-likeness (QED) is 0.609. The molecule has 0 saturated carbocycles. The first kappa shape index (κ1) is 5.45. The zero-order valence-electron chi connectivity index (χ0n) is 6.96. The molecule has 50 valence electrons. The minimum absolute atomic E-state index is 0.0394. The summed E-state index contributed by atoms with van der Waals surface area (Å²) in [6.45, 7) is 2.24. The molecule has 0 spiro atoms. The van der Waals surface area contributed by atoms with E-state index in [0.717, 1.165) is 5.75 Å². The molecule has 0 radical (unpaired) electrons. The van der Waals surface area contributed by atoms with Gasteiger partial charge in [0.2, 0.25) is 0 Å². The Morgan fingerprint density at radius 1 is 1.62 bits per heavy atom. The second-order valence-electron chi connectivity index (χ2n) is 1.19. The maximum atomic E-state index is 7.22. The summed E-state index contributed by atoms with van der Waals surface area (Å²) in [6, 6.07) is 0. The summed E-state index contributed by atoms with van der Waals surface area (Å²) < 4.78 is 14.4. The van der Waals surface area contributed by atoms with Crippen molar-refractivity contribution in [2.24, 2.45) is 5.73 Å². The maximum Gasteiger partial charge on any atom is 0.0402 e. The maximum absolute atomic E-state index is 7.22. The molecule has 0 bridgehead atoms. The van der Waals surface area contributed by atoms with E-state index in [1.807, 2.05) is 6.92 Å². The van der Waals surface area contributed by atoms with E-state index >= 15 is 0 Å². The summed E-state index contributed by atoms with van der Waals surface area (Å²) in [4.78, 5) is 0. The molecule has 0 aromatic rings. The Morgan fingerprint density at radius 2 is 2.38 bits per heavy atom. The molecule has 0 aromatic heterocycles. The minimum atomic E-state index is -0.233. The highest BCUT2D eigenvalue weighted by atomic mass is 33.1. The number of nitrogens with two attached hydrogens (primary N) is 1. The van der Waals surface area contributed by atoms with Gasteiger partial charge >= 0.3 is 0 Å². The Hall–Kier alpha value is 0.660. The number of rotatable bonds is 5. The second kappa shape index (κ2) is 7.66. The van der Waals surface area contributed by atoms with Crippen molar-refractivity contribution in [2.75, 3.05) is 18.0 Å². The van der Waals surface area contributed by atoms with Gasteiger partial charge in [-0.1, -0.05) is 28.5 Å². The van der Waals surface area contributed by atoms with Gasteiger partial charge < -0.3 is 5.73 Å². The van der Waals surface area contributed by atoms with Gasteiger partial charge in [0.25, 0.3) is 0 Å². The van der Waals surface area contributed by atoms with Crippen molar-refractivity contribution < 1.29 is 2.74 Å². The van der Waals surface area contributed by atoms with Crippen LogP contribution in [0.15, 0.2) is 0 Å². The first-order chi connectivity index (χ1) is 4.66. The first-order valence-corrected chi connectivity index (χ1v) is 4.88. The van der Waals surface area contributed by atoms with Gasteiger partial charge in [0.15, 0.2) is 0 Å². The Bertz CT molecular complexity index is 82.0. The molecule has 0 aromatic carbocycles. The van der Waals surface area contributed by atoms with E-state index in [4.69, 9.17) is 8.48 Å². The molecule has 0 rings (SSSR count). The van der Waals surface area contributed by atoms with Crippen molar-refractivity contribution in [1.82, 2.24) is 0 Å². The van der Waals surface area contributed by atoms with Gasteiger partial charge in [-0.05, 0) is 6.40 Å². The van der Waals surface area contributed by atoms with E-state index in [-0.39, 0.29) is 12.1 Å². The monoisotopic (exact) mass is 153 g/mol. The van der Waals surface area contributed by atoms with Crippen LogP contribution in [0.3, 0.4) is 0 Å². The standard InChI is InChI=1S/C5H13NS2/c1-2-4-7-8-5-3-6/h2-6H2,1H3/i2D,5D. The molecular formula is C5H13NS2. The van der Waals surface area contributed by atoms with Crippen molar-refractivity contribution in [3.05, 3.63) is 0 Å². The van der Waals surface area contributed by atoms with Crippen LogP contribution in [-0.2, 0) is 0 Å². The fraction of sp³-hybridized carbons (Fsp3) is 1.00. The molecule has 0 aliphatic carbocycles. The molecule has 2 N–H and O–H groups in total. The van der Waals surface area contributed by atoms with Gasteiger partial charge in [-0.3, -0.25) is 0 Å². The van der Waals surface area contributed by atoms with E-state index in [2.05, 4.69) is 0 Å². The predicted octanol–water partition coefficient (Wildman–Crippen LogP) is 1.74. The highest BCUT2D eigenvalue weighted by molar-refractivity contribution is 8.76. The molecule has 0 fully saturated rings. The highest BCUT2D eigenvalue weighted by Crippen LogP contribution is 2.20. The third kappa shape index (κ3) is 6.66. The molecule has 0 amide bonds. The van der Waals surface area contributed by atoms with Crippen LogP contribution < -0.4 is 5.73 Å². The highest BCUT2D eigenvalue weighted by Gasteiger charge is 1.83. The predicted molar refractivity (Wildman–Crippen MR) is 44.3 cm³/mol. The summed E-state index contributed by atoms with van der Waals surface area (Å²) in [7, 11) is 3.00. The van der Waals surface area contributed by atoms with Crippen molar-refractivity contribution in [3.63, 3.8) is 0 Å². The van der Waals surface area contributed by atoms with Crippen LogP contribution >= 0.6 is 21.6 Å². The van der Waals surface area contributed by atoms with Gasteiger partial charge in [0.05, 0.1) is 0 Å². The zero-order valence-corrected chi connectivity index (χ0v) is 6.60. The SMILES string of the molecule is [2H]C(C)CSSC([2H])CN. The average Bonchev–Trinajstić information content (AvgIpc) is 1.87. The number of hydrogen-bond acceptors (Lipinski definition) is 3. The zero-order chi connectivity index (χ0) is 7.98. The van der Waals surface area contributed by atoms with Gasteiger partial charge in [0, 0.05) is 20.8 Å². The van der Waals surface area contributed by atoms with Crippen LogP contribution in [0.2, 0.25) is 0 Å². The van der Waals surface area contributed by atoms with E-state index < -0.39 is 0 Å². The molecule has 0 aliphatic heterocycles. The number of hydrogen-bond donors (Lipinski definition) is 1. The average molecular weight is 153 g/mol. The molecule has 1 nitrogen and oxygen atoms in total. The summed E-state index contributed by atoms with van der Waals surface area (Å²) in [5.74, 6) is 0.778. The lowest BCUT2D eigenvalue weighted by Gasteiger charge is -1.93. The fourth-order valence-electron chi connectivity index (χ4n) is 0.195. The largest absolute Gasteiger partial charge is 0.330 e. The van der Waals surface area contributed by atoms with E-state index in [1.54, 1.807) is 10.8 Å². The van der Waals surface area contributed by atoms with Gasteiger partial charge in [0.1, 0.15) is 0 Å². The smallest absolute Gasteiger partial charge is 0.0402 e. The Kier molecular flexibility index (Phi) is 5.21. The van der Waals surface area contributed by atoms with Gasteiger partial charge in [-0.25, -0.2) is 0 Å². The normalized spacial score (nSPS) is 21.2. The topological polar surface area (TPSA) is 26.0 Å². The van der Waals surface area contributed by atoms with E-state index in [0.29, 0.717) is 6.54 Å². The van der Waals surface area contributed by atoms with Crippen molar-refractivity contribution in [1.29, 1.82) is 0 Å². The van der Waals surface area contributed by atoms with Crippen LogP contribution in [0.4, 0.5) is 0 Å². The summed E-state index contributed by atoms with van der Waals surface area (Å²) >= 11 is 0. The van der Waals surface area contributed by atoms with E-state index in [9.17, 15) is 0 Å². The van der Waals surface area contributed by atoms with Crippen LogP contribution in [0, 0.1) is 0 Å². The molecule has 0 heterocycles. The van der Waals surface area contributed by atoms with Crippen LogP contribution in [0.25, 0.3) is 0 Å². The lowest BCUT2D eigenvalue weighted by atomic mass is 10.6. The summed E-state index contributed by atoms with van der Waals surface area (Å²) in [5.41, 5.74) is 4.99. The minimum Gasteiger partial charge on any atom is -0.330 e. The Labute approximate surface area is 62.0 Å². The summed E-state index contributed by atoms with van der Waals surface area (Å²) in [6.07, 6.45) is -0.0394. The van der Waals surface area contributed by atoms with Gasteiger partial charge in [-0.2, -0.15) is 0 Å². The molecular weight excluding hydrogens is 138 g/mol. The Morgan fingerprint density at radius 3 is 2.88 bits per heavy atom. The lowest BCUT2D eigenvalue weighted by molar-refractivity contribution is 1.11. The van der Waals surface area contributed by atoms with Crippen molar-refractivity contribution in [2.45, 2.75) is 13.3 Å². The molecule has 0 saturated heterocycles. The van der Waals surface area contributed by atoms with Crippen LogP contribution in [0.5, 0.6) is 0 Å². The van der Waals surface area contributed by atoms with Crippen molar-refractivity contribution in [3.8, 4) is 0 Å². The van der Waals surface area contributed by atoms with E-state index in [1.165, 1.54) is 10.8 Å². The van der Waals surface area contributed by atoms with Gasteiger partial charge in [-0.15, -0.1) is 0 Å². The molecule has 8 heavy (non-hydrogen) atoms. The molecule has 2 atom stereocenters. The van der Waals surface area contributed by atoms with Crippen molar-refractivity contribution >= 4 is 21.6 Å². The Balaban J connectivity index is 3.03. The molecule has 2 unspecified atom stereocenters. The molecule has 0 aliphatic rings. The first-order valence-electron chi connectivity index (χ1n) is 3.65. The fourth-order valence-corrected chi connectivity index (χ4v) is 1.75. The third-order valence-corrected chi connectivity index (χ3v) is 2.63. The summed E-state index contributed by atoms with van der Waals surface area (Å²) in [5, 5.41) is 0. The van der Waals surface area contributed by atoms with Crippen LogP contribution in [0.1, 0.15) is 16.1 Å².